The van der Waals surface area contributed by atoms with E-state index < -0.39 is 24.4 Å². The number of methoxy groups -OCH3 is 1. The monoisotopic (exact) mass is 638 g/mol. The van der Waals surface area contributed by atoms with Crippen LogP contribution in [-0.2, 0) is 20.7 Å². The van der Waals surface area contributed by atoms with Crippen LogP contribution in [-0.4, -0.2) is 57.1 Å². The Labute approximate surface area is 259 Å². The van der Waals surface area contributed by atoms with Crippen LogP contribution in [0, 0.1) is 0 Å². The third kappa shape index (κ3) is 7.32. The summed E-state index contributed by atoms with van der Waals surface area (Å²) in [7, 11) is 1.19. The van der Waals surface area contributed by atoms with Gasteiger partial charge in [-0.25, -0.2) is 19.3 Å². The van der Waals surface area contributed by atoms with Crippen LogP contribution in [0.15, 0.2) is 84.1 Å². The first-order valence-corrected chi connectivity index (χ1v) is 14.4. The summed E-state index contributed by atoms with van der Waals surface area (Å²) in [6, 6.07) is 16.9. The molecule has 3 amide bonds. The predicted molar refractivity (Wildman–Crippen MR) is 160 cm³/mol. The van der Waals surface area contributed by atoms with Crippen LogP contribution in [0.5, 0.6) is 5.75 Å². The Balaban J connectivity index is 1.31. The summed E-state index contributed by atoms with van der Waals surface area (Å²) >= 11 is 1.12. The van der Waals surface area contributed by atoms with E-state index in [-0.39, 0.29) is 22.6 Å². The summed E-state index contributed by atoms with van der Waals surface area (Å²) in [6.07, 6.45) is -2.73. The summed E-state index contributed by atoms with van der Waals surface area (Å²) < 4.78 is 47.5. The van der Waals surface area contributed by atoms with Crippen LogP contribution in [0.4, 0.5) is 23.7 Å². The van der Waals surface area contributed by atoms with Crippen molar-refractivity contribution in [3.05, 3.63) is 90.3 Å². The number of carbonyl (C=O) groups is 3. The van der Waals surface area contributed by atoms with Gasteiger partial charge in [0.2, 0.25) is 5.91 Å². The minimum absolute atomic E-state index is 0.119. The van der Waals surface area contributed by atoms with E-state index in [0.717, 1.165) is 29.5 Å². The second-order valence-electron chi connectivity index (χ2n) is 9.48. The van der Waals surface area contributed by atoms with Crippen molar-refractivity contribution in [2.24, 2.45) is 4.99 Å². The fourth-order valence-electron chi connectivity index (χ4n) is 4.49. The van der Waals surface area contributed by atoms with Gasteiger partial charge in [-0.15, -0.1) is 18.3 Å². The third-order valence-electron chi connectivity index (χ3n) is 6.61. The average molecular weight is 639 g/mol. The van der Waals surface area contributed by atoms with E-state index in [1.807, 2.05) is 19.1 Å². The standard InChI is InChI=1S/C30H25F3N6O5S/c1-3-18-6-4-5-7-23(18)39-24(40)16-45-29(39)36-28(42)35-25(27(41)43-2)19-8-10-20(11-9-19)26-34-17-38(37-26)21-12-14-22(15-13-21)44-30(31,32)33/h4-15,17,25H,3,16H2,1-2H3,(H,35,42)/b36-29-. The summed E-state index contributed by atoms with van der Waals surface area (Å²) in [5.41, 5.74) is 2.97. The number of benzene rings is 3. The van der Waals surface area contributed by atoms with E-state index in [4.69, 9.17) is 4.74 Å². The van der Waals surface area contributed by atoms with E-state index in [1.54, 1.807) is 36.4 Å². The maximum atomic E-state index is 13.0. The molecule has 1 unspecified atom stereocenters. The molecule has 1 aliphatic rings. The first-order chi connectivity index (χ1) is 21.6. The molecule has 1 atom stereocenters. The molecule has 1 aromatic heterocycles. The number of nitrogens with one attached hydrogen (secondary N) is 1. The molecule has 2 heterocycles. The zero-order chi connectivity index (χ0) is 32.1. The normalized spacial score (nSPS) is 14.8. The highest BCUT2D eigenvalue weighted by Gasteiger charge is 2.33. The SMILES string of the molecule is CCc1ccccc1N1C(=O)CS/C1=N\C(=O)NC(C(=O)OC)c1ccc(-c2ncn(-c3ccc(OC(F)(F)F)cc3)n2)cc1. The highest BCUT2D eigenvalue weighted by Crippen LogP contribution is 2.30. The topological polar surface area (TPSA) is 128 Å². The van der Waals surface area contributed by atoms with Crippen LogP contribution >= 0.6 is 11.8 Å². The number of hydrogen-bond donors (Lipinski definition) is 1. The minimum Gasteiger partial charge on any atom is -0.467 e. The van der Waals surface area contributed by atoms with Crippen molar-refractivity contribution in [1.82, 2.24) is 20.1 Å². The van der Waals surface area contributed by atoms with Gasteiger partial charge in [-0.1, -0.05) is 61.2 Å². The molecule has 232 valence electrons. The predicted octanol–water partition coefficient (Wildman–Crippen LogP) is 5.46. The molecular formula is C30H25F3N6O5S. The molecule has 45 heavy (non-hydrogen) atoms. The summed E-state index contributed by atoms with van der Waals surface area (Å²) in [6.45, 7) is 1.96. The Bertz CT molecular complexity index is 1740. The largest absolute Gasteiger partial charge is 0.573 e. The van der Waals surface area contributed by atoms with Crippen molar-refractivity contribution in [2.45, 2.75) is 25.7 Å². The molecule has 0 radical (unpaired) electrons. The summed E-state index contributed by atoms with van der Waals surface area (Å²) in [4.78, 5) is 48.1. The Morgan fingerprint density at radius 2 is 1.78 bits per heavy atom. The van der Waals surface area contributed by atoms with Gasteiger partial charge in [-0.05, 0) is 47.9 Å². The number of thioether (sulfide) groups is 1. The number of anilines is 1. The van der Waals surface area contributed by atoms with E-state index in [9.17, 15) is 27.6 Å². The molecule has 1 saturated heterocycles. The van der Waals surface area contributed by atoms with Crippen molar-refractivity contribution in [2.75, 3.05) is 17.8 Å². The molecule has 4 aromatic rings. The van der Waals surface area contributed by atoms with Gasteiger partial charge in [0.15, 0.2) is 17.0 Å². The zero-order valence-electron chi connectivity index (χ0n) is 23.8. The fraction of sp³-hybridized carbons (Fsp3) is 0.200. The number of para-hydroxylation sites is 1. The number of ether oxygens (including phenoxy) is 2. The molecule has 11 nitrogen and oxygen atoms in total. The lowest BCUT2D eigenvalue weighted by molar-refractivity contribution is -0.274. The van der Waals surface area contributed by atoms with Crippen LogP contribution in [0.2, 0.25) is 0 Å². The number of amidine groups is 1. The molecule has 0 saturated carbocycles. The van der Waals surface area contributed by atoms with Gasteiger partial charge < -0.3 is 14.8 Å². The van der Waals surface area contributed by atoms with Crippen LogP contribution < -0.4 is 15.0 Å². The quantitative estimate of drug-likeness (QED) is 0.252. The highest BCUT2D eigenvalue weighted by molar-refractivity contribution is 8.15. The van der Waals surface area contributed by atoms with Crippen LogP contribution in [0.1, 0.15) is 24.1 Å². The van der Waals surface area contributed by atoms with Crippen molar-refractivity contribution < 1.29 is 37.0 Å². The van der Waals surface area contributed by atoms with Crippen molar-refractivity contribution >= 4 is 40.5 Å². The van der Waals surface area contributed by atoms with Crippen molar-refractivity contribution in [3.63, 3.8) is 0 Å². The number of nitrogens with zero attached hydrogens (tertiary/aromatic N) is 5. The molecule has 5 rings (SSSR count). The Kier molecular flexibility index (Phi) is 9.18. The summed E-state index contributed by atoms with van der Waals surface area (Å²) in [5, 5.41) is 7.12. The number of rotatable bonds is 8. The number of esters is 1. The van der Waals surface area contributed by atoms with E-state index in [0.29, 0.717) is 34.7 Å². The number of halogens is 3. The zero-order valence-corrected chi connectivity index (χ0v) is 24.6. The summed E-state index contributed by atoms with van der Waals surface area (Å²) in [5.74, 6) is -0.891. The van der Waals surface area contributed by atoms with E-state index in [2.05, 4.69) is 25.1 Å². The molecule has 0 spiro atoms. The van der Waals surface area contributed by atoms with Gasteiger partial charge in [-0.2, -0.15) is 4.99 Å². The first kappa shape index (κ1) is 31.3. The van der Waals surface area contributed by atoms with Gasteiger partial charge in [0.1, 0.15) is 12.1 Å². The fourth-order valence-corrected chi connectivity index (χ4v) is 5.35. The average Bonchev–Trinajstić information content (AvgIpc) is 3.66. The maximum Gasteiger partial charge on any atom is 0.573 e. The number of aromatic nitrogens is 3. The molecule has 0 bridgehead atoms. The number of hydrogen-bond acceptors (Lipinski definition) is 8. The minimum atomic E-state index is -4.80. The van der Waals surface area contributed by atoms with Gasteiger partial charge in [0, 0.05) is 5.56 Å². The van der Waals surface area contributed by atoms with Crippen LogP contribution in [0.3, 0.4) is 0 Å². The smallest absolute Gasteiger partial charge is 0.467 e. The van der Waals surface area contributed by atoms with E-state index in [1.165, 1.54) is 35.2 Å². The lowest BCUT2D eigenvalue weighted by atomic mass is 10.0. The number of amides is 3. The molecule has 3 aromatic carbocycles. The van der Waals surface area contributed by atoms with Gasteiger partial charge in [0.25, 0.3) is 0 Å². The second-order valence-corrected chi connectivity index (χ2v) is 10.4. The third-order valence-corrected chi connectivity index (χ3v) is 7.53. The Morgan fingerprint density at radius 1 is 1.07 bits per heavy atom. The van der Waals surface area contributed by atoms with Gasteiger partial charge in [0.05, 0.1) is 24.2 Å². The molecule has 1 fully saturated rings. The van der Waals surface area contributed by atoms with Crippen LogP contribution in [0.25, 0.3) is 17.1 Å². The molecular weight excluding hydrogens is 613 g/mol. The van der Waals surface area contributed by atoms with Crippen molar-refractivity contribution in [1.29, 1.82) is 0 Å². The molecule has 1 N–H and O–H groups in total. The molecule has 0 aliphatic carbocycles. The highest BCUT2D eigenvalue weighted by atomic mass is 32.2. The maximum absolute atomic E-state index is 13.0. The van der Waals surface area contributed by atoms with Crippen molar-refractivity contribution in [3.8, 4) is 22.8 Å². The lowest BCUT2D eigenvalue weighted by Gasteiger charge is -2.20. The molecule has 1 aliphatic heterocycles. The number of aliphatic imine (C=N–C) groups is 1. The Morgan fingerprint density at radius 3 is 2.44 bits per heavy atom. The van der Waals surface area contributed by atoms with Gasteiger partial charge in [-0.3, -0.25) is 9.69 Å². The number of carbonyl (C=O) groups excluding carboxylic acids is 3. The second kappa shape index (κ2) is 13.2. The number of alkyl halides is 3. The van der Waals surface area contributed by atoms with Gasteiger partial charge >= 0.3 is 18.4 Å². The lowest BCUT2D eigenvalue weighted by Crippen LogP contribution is -2.35. The van der Waals surface area contributed by atoms with E-state index >= 15 is 0 Å². The number of aryl methyl sites for hydroxylation is 1. The number of urea groups is 1. The molecule has 15 heteroatoms. The first-order valence-electron chi connectivity index (χ1n) is 13.4. The Hall–Kier alpha value is -5.18.